The van der Waals surface area contributed by atoms with Crippen molar-refractivity contribution in [1.29, 1.82) is 0 Å². The molecule has 0 radical (unpaired) electrons. The van der Waals surface area contributed by atoms with E-state index in [2.05, 4.69) is 20.2 Å². The van der Waals surface area contributed by atoms with Crippen molar-refractivity contribution in [3.05, 3.63) is 58.1 Å². The van der Waals surface area contributed by atoms with Crippen LogP contribution in [-0.2, 0) is 17.8 Å². The van der Waals surface area contributed by atoms with Crippen LogP contribution in [0.25, 0.3) is 11.0 Å². The van der Waals surface area contributed by atoms with Gasteiger partial charge in [-0.15, -0.1) is 0 Å². The minimum Gasteiger partial charge on any atom is -0.378 e. The van der Waals surface area contributed by atoms with Crippen molar-refractivity contribution in [2.45, 2.75) is 20.0 Å². The van der Waals surface area contributed by atoms with Crippen LogP contribution >= 0.6 is 0 Å². The van der Waals surface area contributed by atoms with Gasteiger partial charge in [0.05, 0.1) is 36.5 Å². The maximum Gasteiger partial charge on any atom is 0.326 e. The fourth-order valence-electron chi connectivity index (χ4n) is 3.41. The molecule has 1 fully saturated rings. The number of carbonyl (C=O) groups excluding carboxylic acids is 1. The van der Waals surface area contributed by atoms with Crippen LogP contribution in [0.5, 0.6) is 0 Å². The quantitative estimate of drug-likeness (QED) is 0.699. The molecule has 3 aromatic rings. The SMILES string of the molecule is CCn1c(=O)[nH]c2ccc(C(=O)NCc3cccc(N4CCOCC4)n3)cc21. The van der Waals surface area contributed by atoms with Crippen LogP contribution in [0.3, 0.4) is 0 Å². The Labute approximate surface area is 162 Å². The first kappa shape index (κ1) is 18.2. The summed E-state index contributed by atoms with van der Waals surface area (Å²) in [6.07, 6.45) is 0. The van der Waals surface area contributed by atoms with E-state index in [1.165, 1.54) is 0 Å². The molecular formula is C20H23N5O3. The summed E-state index contributed by atoms with van der Waals surface area (Å²) in [6.45, 7) is 5.82. The maximum atomic E-state index is 12.6. The molecule has 4 rings (SSSR count). The smallest absolute Gasteiger partial charge is 0.326 e. The Morgan fingerprint density at radius 1 is 1.25 bits per heavy atom. The number of nitrogens with one attached hydrogen (secondary N) is 2. The number of rotatable bonds is 5. The number of imidazole rings is 1. The van der Waals surface area contributed by atoms with Gasteiger partial charge in [0.1, 0.15) is 5.82 Å². The van der Waals surface area contributed by atoms with Crippen LogP contribution < -0.4 is 15.9 Å². The van der Waals surface area contributed by atoms with Gasteiger partial charge >= 0.3 is 5.69 Å². The largest absolute Gasteiger partial charge is 0.378 e. The molecule has 1 aromatic carbocycles. The summed E-state index contributed by atoms with van der Waals surface area (Å²) in [5.74, 6) is 0.701. The second kappa shape index (κ2) is 7.85. The second-order valence-corrected chi connectivity index (χ2v) is 6.68. The number of ether oxygens (including phenoxy) is 1. The molecule has 146 valence electrons. The highest BCUT2D eigenvalue weighted by atomic mass is 16.5. The maximum absolute atomic E-state index is 12.6. The van der Waals surface area contributed by atoms with E-state index in [9.17, 15) is 9.59 Å². The lowest BCUT2D eigenvalue weighted by atomic mass is 10.2. The van der Waals surface area contributed by atoms with E-state index < -0.39 is 0 Å². The zero-order chi connectivity index (χ0) is 19.5. The number of aromatic amines is 1. The molecule has 0 saturated carbocycles. The van der Waals surface area contributed by atoms with Gasteiger partial charge < -0.3 is 19.9 Å². The van der Waals surface area contributed by atoms with Gasteiger partial charge in [-0.1, -0.05) is 6.07 Å². The van der Waals surface area contributed by atoms with Crippen LogP contribution in [-0.4, -0.2) is 46.7 Å². The molecule has 2 aromatic heterocycles. The number of aromatic nitrogens is 3. The number of nitrogens with zero attached hydrogens (tertiary/aromatic N) is 3. The zero-order valence-electron chi connectivity index (χ0n) is 15.8. The zero-order valence-corrected chi connectivity index (χ0v) is 15.8. The fourth-order valence-corrected chi connectivity index (χ4v) is 3.41. The highest BCUT2D eigenvalue weighted by molar-refractivity contribution is 5.97. The summed E-state index contributed by atoms with van der Waals surface area (Å²) in [7, 11) is 0. The first-order valence-corrected chi connectivity index (χ1v) is 9.45. The summed E-state index contributed by atoms with van der Waals surface area (Å²) >= 11 is 0. The fraction of sp³-hybridized carbons (Fsp3) is 0.350. The molecule has 0 bridgehead atoms. The van der Waals surface area contributed by atoms with E-state index in [4.69, 9.17) is 4.74 Å². The number of H-pyrrole nitrogens is 1. The molecule has 8 heteroatoms. The Kier molecular flexibility index (Phi) is 5.12. The molecule has 2 N–H and O–H groups in total. The van der Waals surface area contributed by atoms with E-state index in [0.717, 1.165) is 35.6 Å². The van der Waals surface area contributed by atoms with Crippen molar-refractivity contribution in [3.8, 4) is 0 Å². The lowest BCUT2D eigenvalue weighted by Crippen LogP contribution is -2.37. The summed E-state index contributed by atoms with van der Waals surface area (Å²) in [6, 6.07) is 11.0. The number of hydrogen-bond donors (Lipinski definition) is 2. The van der Waals surface area contributed by atoms with E-state index >= 15 is 0 Å². The van der Waals surface area contributed by atoms with Gasteiger partial charge in [0.15, 0.2) is 0 Å². The van der Waals surface area contributed by atoms with Gasteiger partial charge in [-0.3, -0.25) is 9.36 Å². The summed E-state index contributed by atoms with van der Waals surface area (Å²) in [4.78, 5) is 34.1. The van der Waals surface area contributed by atoms with Crippen LogP contribution in [0.1, 0.15) is 23.0 Å². The Morgan fingerprint density at radius 2 is 2.07 bits per heavy atom. The van der Waals surface area contributed by atoms with Gasteiger partial charge in [-0.2, -0.15) is 0 Å². The van der Waals surface area contributed by atoms with E-state index in [0.29, 0.717) is 31.9 Å². The molecule has 1 aliphatic rings. The first-order chi connectivity index (χ1) is 13.7. The molecule has 3 heterocycles. The first-order valence-electron chi connectivity index (χ1n) is 9.45. The lowest BCUT2D eigenvalue weighted by molar-refractivity contribution is 0.0950. The molecule has 0 aliphatic carbocycles. The minimum absolute atomic E-state index is 0.167. The topological polar surface area (TPSA) is 92.2 Å². The van der Waals surface area contributed by atoms with Crippen molar-refractivity contribution in [2.75, 3.05) is 31.2 Å². The van der Waals surface area contributed by atoms with E-state index in [1.807, 2.05) is 25.1 Å². The third-order valence-electron chi connectivity index (χ3n) is 4.91. The molecule has 28 heavy (non-hydrogen) atoms. The number of amides is 1. The van der Waals surface area contributed by atoms with Crippen molar-refractivity contribution in [3.63, 3.8) is 0 Å². The molecular weight excluding hydrogens is 358 g/mol. The van der Waals surface area contributed by atoms with Crippen LogP contribution in [0.15, 0.2) is 41.2 Å². The predicted octanol–water partition coefficient (Wildman–Crippen LogP) is 1.51. The van der Waals surface area contributed by atoms with Gasteiger partial charge in [-0.25, -0.2) is 9.78 Å². The number of pyridine rings is 1. The van der Waals surface area contributed by atoms with Crippen molar-refractivity contribution in [1.82, 2.24) is 19.9 Å². The van der Waals surface area contributed by atoms with Gasteiger partial charge in [0.2, 0.25) is 0 Å². The summed E-state index contributed by atoms with van der Waals surface area (Å²) in [5.41, 5.74) is 2.60. The van der Waals surface area contributed by atoms with Gasteiger partial charge in [0, 0.05) is 25.2 Å². The number of carbonyl (C=O) groups is 1. The lowest BCUT2D eigenvalue weighted by Gasteiger charge is -2.28. The standard InChI is InChI=1S/C20H23N5O3/c1-2-25-17-12-14(6-7-16(17)23-20(25)27)19(26)21-13-15-4-3-5-18(22-15)24-8-10-28-11-9-24/h3-7,12H,2,8-11,13H2,1H3,(H,21,26)(H,23,27). The molecule has 1 saturated heterocycles. The Hall–Kier alpha value is -3.13. The number of aryl methyl sites for hydroxylation is 1. The molecule has 0 unspecified atom stereocenters. The number of anilines is 1. The van der Waals surface area contributed by atoms with Crippen molar-refractivity contribution in [2.24, 2.45) is 0 Å². The van der Waals surface area contributed by atoms with Crippen LogP contribution in [0, 0.1) is 0 Å². The number of hydrogen-bond acceptors (Lipinski definition) is 5. The highest BCUT2D eigenvalue weighted by Crippen LogP contribution is 2.15. The summed E-state index contributed by atoms with van der Waals surface area (Å²) < 4.78 is 6.99. The van der Waals surface area contributed by atoms with Gasteiger partial charge in [0.25, 0.3) is 5.91 Å². The molecule has 1 amide bonds. The van der Waals surface area contributed by atoms with E-state index in [-0.39, 0.29) is 11.6 Å². The third kappa shape index (κ3) is 3.63. The summed E-state index contributed by atoms with van der Waals surface area (Å²) in [5, 5.41) is 2.91. The Balaban J connectivity index is 1.47. The average Bonchev–Trinajstić information content (AvgIpc) is 3.07. The minimum atomic E-state index is -0.197. The van der Waals surface area contributed by atoms with Gasteiger partial charge in [-0.05, 0) is 37.3 Å². The Morgan fingerprint density at radius 3 is 2.86 bits per heavy atom. The van der Waals surface area contributed by atoms with E-state index in [1.54, 1.807) is 22.8 Å². The van der Waals surface area contributed by atoms with Crippen LogP contribution in [0.2, 0.25) is 0 Å². The third-order valence-corrected chi connectivity index (χ3v) is 4.91. The molecule has 8 nitrogen and oxygen atoms in total. The average molecular weight is 381 g/mol. The second-order valence-electron chi connectivity index (χ2n) is 6.68. The molecule has 1 aliphatic heterocycles. The molecule has 0 spiro atoms. The van der Waals surface area contributed by atoms with Crippen molar-refractivity contribution >= 4 is 22.8 Å². The van der Waals surface area contributed by atoms with Crippen molar-refractivity contribution < 1.29 is 9.53 Å². The monoisotopic (exact) mass is 381 g/mol. The molecule has 0 atom stereocenters. The number of fused-ring (bicyclic) bond motifs is 1. The highest BCUT2D eigenvalue weighted by Gasteiger charge is 2.14. The number of morpholine rings is 1. The predicted molar refractivity (Wildman–Crippen MR) is 107 cm³/mol. The van der Waals surface area contributed by atoms with Crippen LogP contribution in [0.4, 0.5) is 5.82 Å². The Bertz CT molecular complexity index is 1050. The normalized spacial score (nSPS) is 14.4. The number of benzene rings is 1.